The van der Waals surface area contributed by atoms with Crippen molar-refractivity contribution in [1.82, 2.24) is 9.80 Å². The first-order valence-electron chi connectivity index (χ1n) is 11.8. The molecule has 0 radical (unpaired) electrons. The average molecular weight is 610 g/mol. The van der Waals surface area contributed by atoms with Crippen LogP contribution in [0.3, 0.4) is 0 Å². The number of aliphatic imine (C=N–C) groups is 1. The summed E-state index contributed by atoms with van der Waals surface area (Å²) in [5.74, 6) is 0.176. The molecule has 2 unspecified atom stereocenters. The van der Waals surface area contributed by atoms with Gasteiger partial charge in [0.1, 0.15) is 5.82 Å². The molecule has 2 heterocycles. The van der Waals surface area contributed by atoms with Gasteiger partial charge in [-0.1, -0.05) is 12.1 Å². The Morgan fingerprint density at radius 2 is 1.94 bits per heavy atom. The third kappa shape index (κ3) is 8.61. The molecule has 3 rings (SSSR count). The zero-order valence-electron chi connectivity index (χ0n) is 19.9. The summed E-state index contributed by atoms with van der Waals surface area (Å²) in [5.41, 5.74) is 1.00. The SMILES string of the molecule is COC(=O)[C@@H]1C2CCC(C[C@@H]1c1ccc(F)cc1)N2CCCN(CC[S-])CC([O-])=NCC[S-].[O]=[99Tc+4]. The summed E-state index contributed by atoms with van der Waals surface area (Å²) in [6.07, 6.45) is 3.74. The monoisotopic (exact) mass is 609 g/mol. The summed E-state index contributed by atoms with van der Waals surface area (Å²) >= 11 is 10.9. The number of carbonyl (C=O) groups is 1. The minimum atomic E-state index is -0.271. The van der Waals surface area contributed by atoms with Crippen LogP contribution < -0.4 is 5.11 Å². The van der Waals surface area contributed by atoms with Crippen molar-refractivity contribution in [3.63, 3.8) is 0 Å². The molecule has 7 nitrogen and oxygen atoms in total. The molecular formula is C24H33FN3O4S2Tc+. The third-order valence-electron chi connectivity index (χ3n) is 6.87. The van der Waals surface area contributed by atoms with E-state index in [1.165, 1.54) is 19.2 Å². The molecule has 1 aromatic carbocycles. The van der Waals surface area contributed by atoms with Gasteiger partial charge in [0.15, 0.2) is 0 Å². The second-order valence-corrected chi connectivity index (χ2v) is 9.61. The van der Waals surface area contributed by atoms with Gasteiger partial charge in [-0.25, -0.2) is 4.39 Å². The number of ether oxygens (including phenoxy) is 1. The van der Waals surface area contributed by atoms with E-state index in [9.17, 15) is 14.3 Å². The molecule has 0 aliphatic carbocycles. The second kappa shape index (κ2) is 16.1. The second-order valence-electron chi connectivity index (χ2n) is 8.79. The number of esters is 1. The summed E-state index contributed by atoms with van der Waals surface area (Å²) in [4.78, 5) is 21.3. The predicted molar refractivity (Wildman–Crippen MR) is 131 cm³/mol. The van der Waals surface area contributed by atoms with Gasteiger partial charge in [-0.3, -0.25) is 9.69 Å². The van der Waals surface area contributed by atoms with Crippen LogP contribution in [0.15, 0.2) is 29.3 Å². The van der Waals surface area contributed by atoms with E-state index in [0.29, 0.717) is 30.6 Å². The zero-order valence-corrected chi connectivity index (χ0v) is 23.4. The maximum atomic E-state index is 13.5. The molecule has 2 saturated heterocycles. The number of fused-ring (bicyclic) bond motifs is 2. The summed E-state index contributed by atoms with van der Waals surface area (Å²) in [5, 5.41) is 12.0. The van der Waals surface area contributed by atoms with Gasteiger partial charge in [0.05, 0.1) is 13.0 Å². The predicted octanol–water partition coefficient (Wildman–Crippen LogP) is 1.36. The number of hydrogen-bond donors (Lipinski definition) is 0. The number of carbonyl (C=O) groups excluding carboxylic acids is 1. The molecule has 193 valence electrons. The van der Waals surface area contributed by atoms with Crippen LogP contribution in [0.4, 0.5) is 4.39 Å². The molecule has 11 heteroatoms. The topological polar surface area (TPSA) is 85.3 Å². The number of halogens is 1. The summed E-state index contributed by atoms with van der Waals surface area (Å²) in [7, 11) is 1.44. The maximum absolute atomic E-state index is 13.5. The molecule has 0 aromatic heterocycles. The van der Waals surface area contributed by atoms with E-state index in [-0.39, 0.29) is 42.1 Å². The number of hydrogen-bond acceptors (Lipinski definition) is 9. The Bertz CT molecular complexity index is 820. The van der Waals surface area contributed by atoms with E-state index in [4.69, 9.17) is 33.5 Å². The molecule has 2 aliphatic heterocycles. The van der Waals surface area contributed by atoms with Gasteiger partial charge in [0.2, 0.25) is 0 Å². The number of rotatable bonds is 12. The van der Waals surface area contributed by atoms with Crippen LogP contribution in [0, 0.1) is 11.7 Å². The standard InChI is InChI=1S/C24H36FN3O3S2.O.Tc/c1-31-24(30)23-20(17-3-5-18(25)6-4-17)15-19-7-8-21(23)28(19)11-2-10-27(12-14-33)16-22(29)26-9-13-32;;/h3-6,19-21,23,32-33H,2,7-16H2,1H3,(H,26,29);;/q;;+4/p-3/t19?,20-,21?,23+;;/m1../s1/i;;1+1. The number of benzene rings is 1. The number of piperidine rings is 1. The zero-order chi connectivity index (χ0) is 25.8. The van der Waals surface area contributed by atoms with Crippen LogP contribution in [0.25, 0.3) is 0 Å². The summed E-state index contributed by atoms with van der Waals surface area (Å²) in [6, 6.07) is 7.03. The van der Waals surface area contributed by atoms with Crippen molar-refractivity contribution in [2.75, 3.05) is 51.3 Å². The molecule has 0 N–H and O–H groups in total. The van der Waals surface area contributed by atoms with Gasteiger partial charge in [0.25, 0.3) is 0 Å². The van der Waals surface area contributed by atoms with Crippen LogP contribution >= 0.6 is 0 Å². The Hall–Kier alpha value is -0.841. The van der Waals surface area contributed by atoms with E-state index in [1.54, 1.807) is 12.1 Å². The third-order valence-corrected chi connectivity index (χ3v) is 7.24. The average Bonchev–Trinajstić information content (AvgIpc) is 3.14. The normalized spacial score (nSPS) is 24.3. The molecule has 2 bridgehead atoms. The molecule has 4 atom stereocenters. The Morgan fingerprint density at radius 1 is 1.23 bits per heavy atom. The fourth-order valence-electron chi connectivity index (χ4n) is 5.46. The van der Waals surface area contributed by atoms with Crippen molar-refractivity contribution < 1.29 is 41.4 Å². The van der Waals surface area contributed by atoms with Gasteiger partial charge in [-0.15, -0.1) is 0 Å². The van der Waals surface area contributed by atoms with E-state index < -0.39 is 0 Å². The van der Waals surface area contributed by atoms with Crippen molar-refractivity contribution in [2.45, 2.75) is 43.7 Å². The van der Waals surface area contributed by atoms with Crippen molar-refractivity contribution in [3.05, 3.63) is 35.6 Å². The van der Waals surface area contributed by atoms with Crippen LogP contribution in [0.5, 0.6) is 0 Å². The van der Waals surface area contributed by atoms with Crippen molar-refractivity contribution >= 4 is 37.1 Å². The van der Waals surface area contributed by atoms with Gasteiger partial charge < -0.3 is 45.0 Å². The summed E-state index contributed by atoms with van der Waals surface area (Å²) < 4.78 is 26.9. The first-order chi connectivity index (χ1) is 17.0. The van der Waals surface area contributed by atoms with Gasteiger partial charge in [0, 0.05) is 31.1 Å². The van der Waals surface area contributed by atoms with Gasteiger partial charge in [-0.05, 0) is 68.9 Å². The molecule has 35 heavy (non-hydrogen) atoms. The molecule has 2 fully saturated rings. The first-order valence-corrected chi connectivity index (χ1v) is 13.7. The van der Waals surface area contributed by atoms with Crippen molar-refractivity contribution in [1.29, 1.82) is 0 Å². The quantitative estimate of drug-likeness (QED) is 0.152. The van der Waals surface area contributed by atoms with Crippen molar-refractivity contribution in [3.8, 4) is 0 Å². The Labute approximate surface area is 229 Å². The van der Waals surface area contributed by atoms with Crippen molar-refractivity contribution in [2.24, 2.45) is 10.9 Å². The van der Waals surface area contributed by atoms with E-state index in [0.717, 1.165) is 63.2 Å². The van der Waals surface area contributed by atoms with E-state index in [2.05, 4.69) is 14.8 Å². The van der Waals surface area contributed by atoms with E-state index in [1.807, 2.05) is 0 Å². The molecular weight excluding hydrogens is 576 g/mol. The van der Waals surface area contributed by atoms with Crippen LogP contribution in [0.2, 0.25) is 0 Å². The van der Waals surface area contributed by atoms with Crippen LogP contribution in [0.1, 0.15) is 37.2 Å². The molecule has 0 amide bonds. The number of nitrogens with zero attached hydrogens (tertiary/aromatic N) is 3. The first kappa shape index (κ1) is 30.4. The Balaban J connectivity index is 0.00000210. The van der Waals surface area contributed by atoms with Gasteiger partial charge in [-0.2, -0.15) is 11.5 Å². The summed E-state index contributed by atoms with van der Waals surface area (Å²) in [6.45, 7) is 2.94. The Morgan fingerprint density at radius 3 is 2.57 bits per heavy atom. The van der Waals surface area contributed by atoms with Gasteiger partial charge >= 0.3 is 28.3 Å². The minimum absolute atomic E-state index is 0.0344. The molecule has 1 aromatic rings. The fraction of sp³-hybridized carbons (Fsp3) is 0.667. The molecule has 0 saturated carbocycles. The number of methoxy groups -OCH3 is 1. The Kier molecular flexibility index (Phi) is 14.0. The molecule has 0 spiro atoms. The fourth-order valence-corrected chi connectivity index (χ4v) is 5.81. The van der Waals surface area contributed by atoms with Crippen LogP contribution in [-0.2, 0) is 57.1 Å². The van der Waals surface area contributed by atoms with Crippen LogP contribution in [-0.4, -0.2) is 85.1 Å². The van der Waals surface area contributed by atoms with E-state index >= 15 is 0 Å². The molecule has 2 aliphatic rings.